The van der Waals surface area contributed by atoms with E-state index in [0.29, 0.717) is 31.5 Å². The van der Waals surface area contributed by atoms with Gasteiger partial charge in [0, 0.05) is 18.7 Å². The summed E-state index contributed by atoms with van der Waals surface area (Å²) in [6.07, 6.45) is 1.78. The average Bonchev–Trinajstić information content (AvgIpc) is 2.96. The van der Waals surface area contributed by atoms with Gasteiger partial charge < -0.3 is 21.5 Å². The molecule has 1 fully saturated rings. The number of amides is 2. The van der Waals surface area contributed by atoms with Gasteiger partial charge in [-0.05, 0) is 37.0 Å². The first-order chi connectivity index (χ1) is 10.1. The van der Waals surface area contributed by atoms with Gasteiger partial charge in [-0.3, -0.25) is 9.59 Å². The third-order valence-corrected chi connectivity index (χ3v) is 3.59. The van der Waals surface area contributed by atoms with E-state index < -0.39 is 12.0 Å². The lowest BCUT2D eigenvalue weighted by molar-refractivity contribution is -0.131. The Bertz CT molecular complexity index is 519. The van der Waals surface area contributed by atoms with Gasteiger partial charge >= 0.3 is 0 Å². The number of carbonyl (C=O) groups excluding carboxylic acids is 2. The van der Waals surface area contributed by atoms with E-state index in [4.69, 9.17) is 16.2 Å². The first kappa shape index (κ1) is 15.5. The Kier molecular flexibility index (Phi) is 5.30. The molecule has 1 aliphatic heterocycles. The molecular weight excluding hydrogens is 270 g/mol. The molecule has 2 amide bonds. The van der Waals surface area contributed by atoms with Crippen molar-refractivity contribution in [2.75, 3.05) is 13.1 Å². The molecule has 1 aliphatic rings. The Morgan fingerprint density at radius 3 is 2.81 bits per heavy atom. The maximum Gasteiger partial charge on any atom is 0.249 e. The van der Waals surface area contributed by atoms with Crippen molar-refractivity contribution in [3.63, 3.8) is 0 Å². The van der Waals surface area contributed by atoms with Crippen molar-refractivity contribution in [1.29, 1.82) is 0 Å². The standard InChI is InChI=1S/C15H21N3O3/c16-9-12-4-5-13(21-12)15(20)18-7-6-10-2-1-3-11(8-10)14(17)19/h1-3,8,12-13H,4-7,9,16H2,(H2,17,19)(H,18,20)/t12-,13+/m1/s1. The molecule has 5 N–H and O–H groups in total. The molecule has 0 bridgehead atoms. The topological polar surface area (TPSA) is 107 Å². The van der Waals surface area contributed by atoms with Crippen LogP contribution >= 0.6 is 0 Å². The number of rotatable bonds is 6. The zero-order valence-corrected chi connectivity index (χ0v) is 11.9. The lowest BCUT2D eigenvalue weighted by Crippen LogP contribution is -2.36. The van der Waals surface area contributed by atoms with Crippen LogP contribution in [-0.2, 0) is 16.0 Å². The summed E-state index contributed by atoms with van der Waals surface area (Å²) in [6, 6.07) is 7.09. The zero-order valence-electron chi connectivity index (χ0n) is 11.9. The van der Waals surface area contributed by atoms with Crippen molar-refractivity contribution in [2.45, 2.75) is 31.5 Å². The van der Waals surface area contributed by atoms with Gasteiger partial charge in [0.25, 0.3) is 0 Å². The Hall–Kier alpha value is -1.92. The Balaban J connectivity index is 1.78. The molecule has 0 spiro atoms. The zero-order chi connectivity index (χ0) is 15.2. The highest BCUT2D eigenvalue weighted by atomic mass is 16.5. The van der Waals surface area contributed by atoms with E-state index in [0.717, 1.165) is 12.0 Å². The molecule has 0 unspecified atom stereocenters. The smallest absolute Gasteiger partial charge is 0.249 e. The normalized spacial score (nSPS) is 21.2. The fraction of sp³-hybridized carbons (Fsp3) is 0.467. The van der Waals surface area contributed by atoms with Gasteiger partial charge in [0.05, 0.1) is 6.10 Å². The molecular formula is C15H21N3O3. The predicted molar refractivity (Wildman–Crippen MR) is 78.6 cm³/mol. The molecule has 1 heterocycles. The van der Waals surface area contributed by atoms with Gasteiger partial charge in [0.1, 0.15) is 6.10 Å². The van der Waals surface area contributed by atoms with Crippen LogP contribution in [0.4, 0.5) is 0 Å². The van der Waals surface area contributed by atoms with Crippen molar-refractivity contribution in [3.05, 3.63) is 35.4 Å². The maximum atomic E-state index is 11.9. The van der Waals surface area contributed by atoms with Crippen LogP contribution in [0.3, 0.4) is 0 Å². The van der Waals surface area contributed by atoms with Gasteiger partial charge in [-0.15, -0.1) is 0 Å². The summed E-state index contributed by atoms with van der Waals surface area (Å²) in [5.41, 5.74) is 12.2. The Morgan fingerprint density at radius 2 is 2.14 bits per heavy atom. The highest BCUT2D eigenvalue weighted by molar-refractivity contribution is 5.92. The SMILES string of the molecule is NC[C@H]1CC[C@@H](C(=O)NCCc2cccc(C(N)=O)c2)O1. The lowest BCUT2D eigenvalue weighted by atomic mass is 10.1. The molecule has 2 atom stereocenters. The molecule has 2 rings (SSSR count). The van der Waals surface area contributed by atoms with Gasteiger partial charge in [-0.1, -0.05) is 12.1 Å². The molecule has 21 heavy (non-hydrogen) atoms. The summed E-state index contributed by atoms with van der Waals surface area (Å²) >= 11 is 0. The van der Waals surface area contributed by atoms with Crippen LogP contribution in [0.5, 0.6) is 0 Å². The highest BCUT2D eigenvalue weighted by Gasteiger charge is 2.29. The van der Waals surface area contributed by atoms with E-state index in [-0.39, 0.29) is 12.0 Å². The van der Waals surface area contributed by atoms with Gasteiger partial charge in [-0.25, -0.2) is 0 Å². The molecule has 114 valence electrons. The molecule has 6 nitrogen and oxygen atoms in total. The number of hydrogen-bond donors (Lipinski definition) is 3. The monoisotopic (exact) mass is 291 g/mol. The number of ether oxygens (including phenoxy) is 1. The van der Waals surface area contributed by atoms with E-state index in [2.05, 4.69) is 5.32 Å². The van der Waals surface area contributed by atoms with Crippen molar-refractivity contribution < 1.29 is 14.3 Å². The van der Waals surface area contributed by atoms with Crippen molar-refractivity contribution in [1.82, 2.24) is 5.32 Å². The van der Waals surface area contributed by atoms with E-state index in [1.807, 2.05) is 6.07 Å². The van der Waals surface area contributed by atoms with E-state index >= 15 is 0 Å². The van der Waals surface area contributed by atoms with Crippen LogP contribution < -0.4 is 16.8 Å². The van der Waals surface area contributed by atoms with Crippen LogP contribution in [0, 0.1) is 0 Å². The molecule has 0 radical (unpaired) electrons. The van der Waals surface area contributed by atoms with Crippen molar-refractivity contribution >= 4 is 11.8 Å². The second-order valence-electron chi connectivity index (χ2n) is 5.17. The molecule has 1 saturated heterocycles. The van der Waals surface area contributed by atoms with Crippen molar-refractivity contribution in [2.24, 2.45) is 11.5 Å². The number of primary amides is 1. The summed E-state index contributed by atoms with van der Waals surface area (Å²) in [7, 11) is 0. The molecule has 1 aromatic rings. The molecule has 0 aromatic heterocycles. The van der Waals surface area contributed by atoms with Gasteiger partial charge in [0.2, 0.25) is 11.8 Å². The van der Waals surface area contributed by atoms with Crippen LogP contribution in [0.1, 0.15) is 28.8 Å². The van der Waals surface area contributed by atoms with E-state index in [9.17, 15) is 9.59 Å². The van der Waals surface area contributed by atoms with Crippen LogP contribution in [-0.4, -0.2) is 37.1 Å². The van der Waals surface area contributed by atoms with Crippen LogP contribution in [0.15, 0.2) is 24.3 Å². The summed E-state index contributed by atoms with van der Waals surface area (Å²) in [5, 5.41) is 2.85. The number of benzene rings is 1. The third-order valence-electron chi connectivity index (χ3n) is 3.59. The Labute approximate surface area is 123 Å². The quantitative estimate of drug-likeness (QED) is 0.683. The maximum absolute atomic E-state index is 11.9. The van der Waals surface area contributed by atoms with E-state index in [1.54, 1.807) is 18.2 Å². The summed E-state index contributed by atoms with van der Waals surface area (Å²) < 4.78 is 5.53. The molecule has 0 saturated carbocycles. The third kappa shape index (κ3) is 4.27. The highest BCUT2D eigenvalue weighted by Crippen LogP contribution is 2.18. The van der Waals surface area contributed by atoms with Crippen LogP contribution in [0.2, 0.25) is 0 Å². The fourth-order valence-electron chi connectivity index (χ4n) is 2.40. The second-order valence-corrected chi connectivity index (χ2v) is 5.17. The summed E-state index contributed by atoms with van der Waals surface area (Å²) in [6.45, 7) is 0.942. The minimum absolute atomic E-state index is 0.00648. The number of nitrogens with one attached hydrogen (secondary N) is 1. The van der Waals surface area contributed by atoms with Gasteiger partial charge in [-0.2, -0.15) is 0 Å². The summed E-state index contributed by atoms with van der Waals surface area (Å²) in [5.74, 6) is -0.551. The number of nitrogens with two attached hydrogens (primary N) is 2. The molecule has 6 heteroatoms. The largest absolute Gasteiger partial charge is 0.366 e. The van der Waals surface area contributed by atoms with Crippen LogP contribution in [0.25, 0.3) is 0 Å². The first-order valence-electron chi connectivity index (χ1n) is 7.12. The Morgan fingerprint density at radius 1 is 1.33 bits per heavy atom. The fourth-order valence-corrected chi connectivity index (χ4v) is 2.40. The van der Waals surface area contributed by atoms with Gasteiger partial charge in [0.15, 0.2) is 0 Å². The number of hydrogen-bond acceptors (Lipinski definition) is 4. The summed E-state index contributed by atoms with van der Waals surface area (Å²) in [4.78, 5) is 23.0. The molecule has 0 aliphatic carbocycles. The second kappa shape index (κ2) is 7.19. The van der Waals surface area contributed by atoms with E-state index in [1.165, 1.54) is 0 Å². The van der Waals surface area contributed by atoms with Crippen molar-refractivity contribution in [3.8, 4) is 0 Å². The lowest BCUT2D eigenvalue weighted by Gasteiger charge is -2.12. The predicted octanol–water partition coefficient (Wildman–Crippen LogP) is -0.0495. The first-order valence-corrected chi connectivity index (χ1v) is 7.12. The number of carbonyl (C=O) groups is 2. The molecule has 1 aromatic carbocycles. The average molecular weight is 291 g/mol. The minimum Gasteiger partial charge on any atom is -0.366 e. The minimum atomic E-state index is -0.451.